The number of aryl methyl sites for hydroxylation is 1. The highest BCUT2D eigenvalue weighted by atomic mass is 32.2. The lowest BCUT2D eigenvalue weighted by atomic mass is 10.0. The molecule has 0 spiro atoms. The van der Waals surface area contributed by atoms with Crippen LogP contribution in [0.5, 0.6) is 0 Å². The first kappa shape index (κ1) is 15.6. The fourth-order valence-corrected chi connectivity index (χ4v) is 4.52. The van der Waals surface area contributed by atoms with Gasteiger partial charge in [-0.25, -0.2) is 4.39 Å². The number of fused-ring (bicyclic) bond motifs is 1. The first-order chi connectivity index (χ1) is 10.7. The van der Waals surface area contributed by atoms with Gasteiger partial charge in [-0.3, -0.25) is 4.79 Å². The molecule has 0 saturated carbocycles. The van der Waals surface area contributed by atoms with E-state index < -0.39 is 0 Å². The summed E-state index contributed by atoms with van der Waals surface area (Å²) in [6, 6.07) is 8.92. The van der Waals surface area contributed by atoms with Gasteiger partial charge < -0.3 is 5.32 Å². The number of nitrogens with one attached hydrogen (secondary N) is 1. The predicted molar refractivity (Wildman–Crippen MR) is 89.9 cm³/mol. The lowest BCUT2D eigenvalue weighted by Gasteiger charge is -2.26. The molecule has 1 atom stereocenters. The molecule has 0 fully saturated rings. The number of rotatable bonds is 5. The quantitative estimate of drug-likeness (QED) is 0.867. The van der Waals surface area contributed by atoms with Crippen LogP contribution >= 0.6 is 23.1 Å². The number of benzene rings is 1. The zero-order chi connectivity index (χ0) is 15.4. The Hall–Kier alpha value is -1.33. The summed E-state index contributed by atoms with van der Waals surface area (Å²) < 4.78 is 13.4. The molecular formula is C17H18FNOS2. The highest BCUT2D eigenvalue weighted by Gasteiger charge is 2.22. The van der Waals surface area contributed by atoms with Crippen LogP contribution in [0.4, 0.5) is 4.39 Å². The second kappa shape index (κ2) is 7.29. The molecular weight excluding hydrogens is 317 g/mol. The van der Waals surface area contributed by atoms with Crippen molar-refractivity contribution >= 4 is 29.0 Å². The van der Waals surface area contributed by atoms with Gasteiger partial charge >= 0.3 is 0 Å². The van der Waals surface area contributed by atoms with Crippen LogP contribution in [0.1, 0.15) is 35.7 Å². The number of carbonyl (C=O) groups excluding carboxylic acids is 1. The molecule has 1 amide bonds. The monoisotopic (exact) mass is 335 g/mol. The molecule has 0 radical (unpaired) electrons. The Labute approximate surface area is 138 Å². The lowest BCUT2D eigenvalue weighted by Crippen LogP contribution is -2.30. The van der Waals surface area contributed by atoms with Gasteiger partial charge in [0.15, 0.2) is 0 Å². The van der Waals surface area contributed by atoms with Crippen LogP contribution in [0.15, 0.2) is 40.6 Å². The van der Waals surface area contributed by atoms with Crippen molar-refractivity contribution in [2.45, 2.75) is 36.6 Å². The zero-order valence-electron chi connectivity index (χ0n) is 12.2. The summed E-state index contributed by atoms with van der Waals surface area (Å²) in [5.41, 5.74) is 0.919. The standard InChI is InChI=1S/C17H18FNOS2/c18-12-6-7-16-14(11-12)15(8-10-22-16)19-17(20)5-1-3-13-4-2-9-21-13/h2,4,6-7,9,11,15H,1,3,5,8,10H2,(H,19,20). The van der Waals surface area contributed by atoms with Crippen molar-refractivity contribution in [3.05, 3.63) is 52.0 Å². The molecule has 3 rings (SSSR count). The minimum absolute atomic E-state index is 0.0545. The van der Waals surface area contributed by atoms with Gasteiger partial charge in [0, 0.05) is 21.9 Å². The van der Waals surface area contributed by atoms with E-state index >= 15 is 0 Å². The maximum absolute atomic E-state index is 13.4. The summed E-state index contributed by atoms with van der Waals surface area (Å²) in [7, 11) is 0. The van der Waals surface area contributed by atoms with Crippen LogP contribution in [0.2, 0.25) is 0 Å². The lowest BCUT2D eigenvalue weighted by molar-refractivity contribution is -0.122. The van der Waals surface area contributed by atoms with Crippen molar-refractivity contribution in [1.29, 1.82) is 0 Å². The molecule has 1 aromatic heterocycles. The van der Waals surface area contributed by atoms with Gasteiger partial charge in [-0.15, -0.1) is 23.1 Å². The van der Waals surface area contributed by atoms with Crippen molar-refractivity contribution in [3.63, 3.8) is 0 Å². The van der Waals surface area contributed by atoms with Gasteiger partial charge in [0.05, 0.1) is 6.04 Å². The normalized spacial score (nSPS) is 17.0. The highest BCUT2D eigenvalue weighted by molar-refractivity contribution is 7.99. The van der Waals surface area contributed by atoms with Crippen LogP contribution < -0.4 is 5.32 Å². The molecule has 1 aliphatic heterocycles. The summed E-state index contributed by atoms with van der Waals surface area (Å²) >= 11 is 3.45. The predicted octanol–water partition coefficient (Wildman–Crippen LogP) is 4.56. The Morgan fingerprint density at radius 3 is 3.09 bits per heavy atom. The van der Waals surface area contributed by atoms with Crippen molar-refractivity contribution in [2.24, 2.45) is 0 Å². The van der Waals surface area contributed by atoms with Crippen molar-refractivity contribution < 1.29 is 9.18 Å². The number of thioether (sulfide) groups is 1. The molecule has 1 N–H and O–H groups in total. The molecule has 0 saturated heterocycles. The van der Waals surface area contributed by atoms with Crippen LogP contribution in [-0.2, 0) is 11.2 Å². The van der Waals surface area contributed by atoms with Crippen molar-refractivity contribution in [2.75, 3.05) is 5.75 Å². The Morgan fingerprint density at radius 1 is 1.36 bits per heavy atom. The average Bonchev–Trinajstić information content (AvgIpc) is 3.01. The van der Waals surface area contributed by atoms with Crippen LogP contribution in [-0.4, -0.2) is 11.7 Å². The third kappa shape index (κ3) is 3.90. The number of hydrogen-bond acceptors (Lipinski definition) is 3. The smallest absolute Gasteiger partial charge is 0.220 e. The average molecular weight is 335 g/mol. The van der Waals surface area contributed by atoms with E-state index in [2.05, 4.69) is 16.8 Å². The SMILES string of the molecule is O=C(CCCc1cccs1)NC1CCSc2ccc(F)cc21. The summed E-state index contributed by atoms with van der Waals surface area (Å²) in [5.74, 6) is 0.778. The van der Waals surface area contributed by atoms with E-state index in [0.29, 0.717) is 6.42 Å². The largest absolute Gasteiger partial charge is 0.349 e. The molecule has 2 heterocycles. The number of carbonyl (C=O) groups is 1. The summed E-state index contributed by atoms with van der Waals surface area (Å²) in [4.78, 5) is 14.5. The van der Waals surface area contributed by atoms with Crippen molar-refractivity contribution in [3.8, 4) is 0 Å². The minimum atomic E-state index is -0.238. The van der Waals surface area contributed by atoms with Gasteiger partial charge in [-0.05, 0) is 54.5 Å². The number of thiophene rings is 1. The molecule has 2 aromatic rings. The Kier molecular flexibility index (Phi) is 5.16. The minimum Gasteiger partial charge on any atom is -0.349 e. The molecule has 0 aliphatic carbocycles. The van der Waals surface area contributed by atoms with E-state index in [-0.39, 0.29) is 17.8 Å². The summed E-state index contributed by atoms with van der Waals surface area (Å²) in [6.07, 6.45) is 3.17. The molecule has 1 aromatic carbocycles. The second-order valence-corrected chi connectivity index (χ2v) is 7.54. The van der Waals surface area contributed by atoms with Gasteiger partial charge in [0.25, 0.3) is 0 Å². The van der Waals surface area contributed by atoms with Crippen LogP contribution in [0.3, 0.4) is 0 Å². The highest BCUT2D eigenvalue weighted by Crippen LogP contribution is 2.36. The first-order valence-electron chi connectivity index (χ1n) is 7.46. The van der Waals surface area contributed by atoms with E-state index in [0.717, 1.165) is 35.5 Å². The van der Waals surface area contributed by atoms with Gasteiger partial charge in [0.2, 0.25) is 5.91 Å². The Bertz CT molecular complexity index is 642. The van der Waals surface area contributed by atoms with Gasteiger partial charge in [-0.1, -0.05) is 6.07 Å². The molecule has 1 aliphatic rings. The number of halogens is 1. The third-order valence-corrected chi connectivity index (χ3v) is 5.81. The maximum atomic E-state index is 13.4. The summed E-state index contributed by atoms with van der Waals surface area (Å²) in [6.45, 7) is 0. The van der Waals surface area contributed by atoms with Gasteiger partial charge in [0.1, 0.15) is 5.82 Å². The zero-order valence-corrected chi connectivity index (χ0v) is 13.8. The molecule has 5 heteroatoms. The Morgan fingerprint density at radius 2 is 2.27 bits per heavy atom. The van der Waals surface area contributed by atoms with Crippen molar-refractivity contribution in [1.82, 2.24) is 5.32 Å². The van der Waals surface area contributed by atoms with Crippen LogP contribution in [0, 0.1) is 5.82 Å². The molecule has 116 valence electrons. The fourth-order valence-electron chi connectivity index (χ4n) is 2.66. The summed E-state index contributed by atoms with van der Waals surface area (Å²) in [5, 5.41) is 5.12. The van der Waals surface area contributed by atoms with E-state index in [1.807, 2.05) is 12.1 Å². The topological polar surface area (TPSA) is 29.1 Å². The van der Waals surface area contributed by atoms with Crippen LogP contribution in [0.25, 0.3) is 0 Å². The molecule has 2 nitrogen and oxygen atoms in total. The van der Waals surface area contributed by atoms with E-state index in [9.17, 15) is 9.18 Å². The Balaban J connectivity index is 1.55. The maximum Gasteiger partial charge on any atom is 0.220 e. The second-order valence-electron chi connectivity index (χ2n) is 5.37. The number of hydrogen-bond donors (Lipinski definition) is 1. The molecule has 22 heavy (non-hydrogen) atoms. The van der Waals surface area contributed by atoms with Gasteiger partial charge in [-0.2, -0.15) is 0 Å². The fraction of sp³-hybridized carbons (Fsp3) is 0.353. The molecule has 1 unspecified atom stereocenters. The van der Waals surface area contributed by atoms with E-state index in [1.165, 1.54) is 10.9 Å². The third-order valence-electron chi connectivity index (χ3n) is 3.75. The number of amides is 1. The molecule has 0 bridgehead atoms. The van der Waals surface area contributed by atoms with E-state index in [4.69, 9.17) is 0 Å². The first-order valence-corrected chi connectivity index (χ1v) is 9.33. The van der Waals surface area contributed by atoms with E-state index in [1.54, 1.807) is 29.2 Å².